The molecule has 41 heavy (non-hydrogen) atoms. The van der Waals surface area contributed by atoms with E-state index in [2.05, 4.69) is 21.0 Å². The number of aromatic nitrogens is 2. The number of carbonyl (C=O) groups excluding carboxylic acids is 1. The second kappa shape index (κ2) is 11.8. The van der Waals surface area contributed by atoms with Crippen molar-refractivity contribution >= 4 is 17.7 Å². The lowest BCUT2D eigenvalue weighted by molar-refractivity contribution is -0.141. The van der Waals surface area contributed by atoms with Gasteiger partial charge in [-0.1, -0.05) is 54.6 Å². The van der Waals surface area contributed by atoms with Gasteiger partial charge in [0.15, 0.2) is 5.69 Å². The zero-order valence-corrected chi connectivity index (χ0v) is 21.9. The van der Waals surface area contributed by atoms with Crippen LogP contribution in [0, 0.1) is 5.92 Å². The van der Waals surface area contributed by atoms with E-state index in [1.807, 2.05) is 36.4 Å². The van der Waals surface area contributed by atoms with Crippen molar-refractivity contribution in [2.45, 2.75) is 31.6 Å². The van der Waals surface area contributed by atoms with Crippen LogP contribution in [0.25, 0.3) is 5.69 Å². The van der Waals surface area contributed by atoms with Crippen molar-refractivity contribution in [2.24, 2.45) is 5.92 Å². The maximum absolute atomic E-state index is 13.6. The summed E-state index contributed by atoms with van der Waals surface area (Å²) in [5.41, 5.74) is 1.49. The van der Waals surface area contributed by atoms with Crippen LogP contribution in [0.4, 0.5) is 23.7 Å². The first-order chi connectivity index (χ1) is 19.7. The molecule has 1 fully saturated rings. The van der Waals surface area contributed by atoms with Crippen LogP contribution in [0.1, 0.15) is 51.8 Å². The van der Waals surface area contributed by atoms with Gasteiger partial charge in [-0.2, -0.15) is 18.3 Å². The Morgan fingerprint density at radius 2 is 1.68 bits per heavy atom. The molecule has 5 rings (SSSR count). The van der Waals surface area contributed by atoms with Gasteiger partial charge in [-0.05, 0) is 66.3 Å². The lowest BCUT2D eigenvalue weighted by atomic mass is 9.98. The first-order valence-corrected chi connectivity index (χ1v) is 13.1. The summed E-state index contributed by atoms with van der Waals surface area (Å²) in [6.07, 6.45) is -3.64. The molecule has 0 radical (unpaired) electrons. The molecule has 1 aromatic heterocycles. The molecule has 8 nitrogen and oxygen atoms in total. The van der Waals surface area contributed by atoms with Gasteiger partial charge in [0.25, 0.3) is 5.91 Å². The fourth-order valence-corrected chi connectivity index (χ4v) is 4.53. The number of halogens is 3. The fourth-order valence-electron chi connectivity index (χ4n) is 4.53. The van der Waals surface area contributed by atoms with Gasteiger partial charge in [-0.15, -0.1) is 0 Å². The number of amides is 2. The van der Waals surface area contributed by atoms with Crippen molar-refractivity contribution in [3.63, 3.8) is 0 Å². The Kier molecular flexibility index (Phi) is 8.06. The Hall–Kier alpha value is -4.64. The molecule has 4 N–H and O–H groups in total. The van der Waals surface area contributed by atoms with Crippen molar-refractivity contribution in [2.75, 3.05) is 11.9 Å². The van der Waals surface area contributed by atoms with Crippen LogP contribution < -0.4 is 16.0 Å². The van der Waals surface area contributed by atoms with Crippen LogP contribution in [-0.2, 0) is 12.7 Å². The van der Waals surface area contributed by atoms with Gasteiger partial charge in [0, 0.05) is 18.3 Å². The molecule has 0 saturated heterocycles. The van der Waals surface area contributed by atoms with Crippen LogP contribution in [-0.4, -0.2) is 33.4 Å². The van der Waals surface area contributed by atoms with E-state index in [0.29, 0.717) is 23.2 Å². The van der Waals surface area contributed by atoms with Crippen LogP contribution >= 0.6 is 0 Å². The lowest BCUT2D eigenvalue weighted by Gasteiger charge is -2.21. The monoisotopic (exact) mass is 563 g/mol. The minimum Gasteiger partial charge on any atom is -0.465 e. The molecule has 1 atom stereocenters. The molecular weight excluding hydrogens is 535 g/mol. The maximum atomic E-state index is 13.6. The van der Waals surface area contributed by atoms with Crippen LogP contribution in [0.5, 0.6) is 0 Å². The quantitative estimate of drug-likeness (QED) is 0.189. The summed E-state index contributed by atoms with van der Waals surface area (Å²) in [5, 5.41) is 21.1. The van der Waals surface area contributed by atoms with Crippen molar-refractivity contribution in [1.29, 1.82) is 0 Å². The van der Waals surface area contributed by atoms with Crippen molar-refractivity contribution < 1.29 is 27.9 Å². The number of carboxylic acid groups (broad SMARTS) is 1. The fraction of sp³-hybridized carbons (Fsp3) is 0.233. The molecule has 1 heterocycles. The van der Waals surface area contributed by atoms with Crippen molar-refractivity contribution in [3.8, 4) is 5.69 Å². The Morgan fingerprint density at radius 3 is 2.39 bits per heavy atom. The normalized spacial score (nSPS) is 13.9. The maximum Gasteiger partial charge on any atom is 0.435 e. The summed E-state index contributed by atoms with van der Waals surface area (Å²) >= 11 is 0. The number of carbonyl (C=O) groups is 2. The zero-order valence-electron chi connectivity index (χ0n) is 21.9. The predicted molar refractivity (Wildman–Crippen MR) is 147 cm³/mol. The summed E-state index contributed by atoms with van der Waals surface area (Å²) in [5.74, 6) is -0.132. The molecule has 0 aliphatic heterocycles. The minimum absolute atomic E-state index is 0.0672. The van der Waals surface area contributed by atoms with Gasteiger partial charge in [-0.25, -0.2) is 9.48 Å². The molecule has 2 amide bonds. The molecular formula is C30H28F3N5O3. The second-order valence-corrected chi connectivity index (χ2v) is 9.93. The smallest absolute Gasteiger partial charge is 0.435 e. The van der Waals surface area contributed by atoms with Crippen LogP contribution in [0.2, 0.25) is 0 Å². The van der Waals surface area contributed by atoms with Gasteiger partial charge < -0.3 is 21.1 Å². The number of nitrogens with zero attached hydrogens (tertiary/aromatic N) is 2. The Balaban J connectivity index is 1.43. The molecule has 4 aromatic rings. The number of alkyl halides is 3. The molecule has 11 heteroatoms. The largest absolute Gasteiger partial charge is 0.465 e. The Labute approximate surface area is 234 Å². The average Bonchev–Trinajstić information content (AvgIpc) is 3.66. The Bertz CT molecular complexity index is 1530. The first kappa shape index (κ1) is 27.9. The highest BCUT2D eigenvalue weighted by Gasteiger charge is 2.36. The summed E-state index contributed by atoms with van der Waals surface area (Å²) < 4.78 is 41.8. The number of benzene rings is 3. The minimum atomic E-state index is -4.78. The molecule has 212 valence electrons. The summed E-state index contributed by atoms with van der Waals surface area (Å²) in [6, 6.07) is 23.8. The van der Waals surface area contributed by atoms with E-state index in [0.717, 1.165) is 22.4 Å². The molecule has 1 aliphatic rings. The Morgan fingerprint density at radius 1 is 0.951 bits per heavy atom. The zero-order chi connectivity index (χ0) is 29.0. The molecule has 0 spiro atoms. The highest BCUT2D eigenvalue weighted by Crippen LogP contribution is 2.32. The highest BCUT2D eigenvalue weighted by atomic mass is 19.4. The molecule has 1 aliphatic carbocycles. The molecule has 1 saturated carbocycles. The summed E-state index contributed by atoms with van der Waals surface area (Å²) in [7, 11) is 0. The predicted octanol–water partition coefficient (Wildman–Crippen LogP) is 6.00. The third-order valence-corrected chi connectivity index (χ3v) is 6.75. The van der Waals surface area contributed by atoms with Crippen molar-refractivity contribution in [3.05, 3.63) is 113 Å². The standard InChI is InChI=1S/C30H28F3N5O3/c31-30(32,33)26-16-25(38(37-26)24-11-4-6-20(14-24)18-35-29(40)41)28(39)36-23-10-5-9-22(15-23)27(34-17-19-12-13-19)21-7-2-1-3-8-21/h1-11,14-16,19,27,34-35H,12-13,17-18H2,(H,36,39)(H,40,41). The van der Waals surface area contributed by atoms with E-state index in [4.69, 9.17) is 5.11 Å². The topological polar surface area (TPSA) is 108 Å². The molecule has 1 unspecified atom stereocenters. The van der Waals surface area contributed by atoms with Gasteiger partial charge in [0.1, 0.15) is 5.69 Å². The SMILES string of the molecule is O=C(O)NCc1cccc(-n2nc(C(F)(F)F)cc2C(=O)Nc2cccc(C(NCC3CC3)c3ccccc3)c2)c1. The lowest BCUT2D eigenvalue weighted by Crippen LogP contribution is -2.25. The van der Waals surface area contributed by atoms with Gasteiger partial charge in [0.05, 0.1) is 11.7 Å². The summed E-state index contributed by atoms with van der Waals surface area (Å²) in [6.45, 7) is 0.791. The van der Waals surface area contributed by atoms with E-state index in [9.17, 15) is 22.8 Å². The highest BCUT2D eigenvalue weighted by molar-refractivity contribution is 6.03. The molecule has 3 aromatic carbocycles. The van der Waals surface area contributed by atoms with E-state index in [-0.39, 0.29) is 24.0 Å². The third-order valence-electron chi connectivity index (χ3n) is 6.75. The number of hydrogen-bond donors (Lipinski definition) is 4. The van der Waals surface area contributed by atoms with E-state index in [1.165, 1.54) is 25.0 Å². The number of rotatable bonds is 10. The average molecular weight is 564 g/mol. The van der Waals surface area contributed by atoms with E-state index < -0.39 is 23.9 Å². The molecule has 0 bridgehead atoms. The van der Waals surface area contributed by atoms with Gasteiger partial charge in [-0.3, -0.25) is 4.79 Å². The number of nitrogens with one attached hydrogen (secondary N) is 3. The number of hydrogen-bond acceptors (Lipinski definition) is 4. The first-order valence-electron chi connectivity index (χ1n) is 13.1. The second-order valence-electron chi connectivity index (χ2n) is 9.93. The van der Waals surface area contributed by atoms with Crippen LogP contribution in [0.3, 0.4) is 0 Å². The third kappa shape index (κ3) is 7.12. The van der Waals surface area contributed by atoms with E-state index in [1.54, 1.807) is 30.3 Å². The van der Waals surface area contributed by atoms with Gasteiger partial charge >= 0.3 is 12.3 Å². The van der Waals surface area contributed by atoms with Crippen LogP contribution in [0.15, 0.2) is 84.9 Å². The van der Waals surface area contributed by atoms with Crippen molar-refractivity contribution in [1.82, 2.24) is 20.4 Å². The number of anilines is 1. The van der Waals surface area contributed by atoms with E-state index >= 15 is 0 Å². The van der Waals surface area contributed by atoms with Gasteiger partial charge in [0.2, 0.25) is 0 Å². The summed E-state index contributed by atoms with van der Waals surface area (Å²) in [4.78, 5) is 24.2.